The Kier molecular flexibility index (Phi) is 6.85. The monoisotopic (exact) mass is 301 g/mol. The van der Waals surface area contributed by atoms with E-state index in [1.54, 1.807) is 11.8 Å². The molecular weight excluding hydrogens is 282 g/mol. The Morgan fingerprint density at radius 1 is 1.50 bits per heavy atom. The zero-order valence-corrected chi connectivity index (χ0v) is 12.3. The lowest BCUT2D eigenvalue weighted by atomic mass is 10.3. The van der Waals surface area contributed by atoms with Gasteiger partial charge in [0.15, 0.2) is 0 Å². The number of carbonyl (C=O) groups is 2. The maximum absolute atomic E-state index is 11.5. The molecule has 0 aromatic carbocycles. The molecule has 9 heteroatoms. The first-order valence-corrected chi connectivity index (χ1v) is 7.45. The predicted molar refractivity (Wildman–Crippen MR) is 75.5 cm³/mol. The van der Waals surface area contributed by atoms with Gasteiger partial charge in [-0.05, 0) is 12.7 Å². The number of amides is 2. The molecule has 1 unspecified atom stereocenters. The molecule has 0 fully saturated rings. The van der Waals surface area contributed by atoms with Crippen LogP contribution in [0.5, 0.6) is 0 Å². The minimum Gasteiger partial charge on any atom is -0.480 e. The SMILES string of the molecule is CSC(C)CCNC(=O)NCc1cn(CC(=O)O)nn1. The van der Waals surface area contributed by atoms with Crippen molar-refractivity contribution in [2.45, 2.75) is 31.7 Å². The van der Waals surface area contributed by atoms with Gasteiger partial charge >= 0.3 is 12.0 Å². The van der Waals surface area contributed by atoms with Gasteiger partial charge in [0, 0.05) is 11.8 Å². The molecule has 0 saturated heterocycles. The number of nitrogens with zero attached hydrogens (tertiary/aromatic N) is 3. The van der Waals surface area contributed by atoms with E-state index in [1.807, 2.05) is 6.26 Å². The molecule has 0 spiro atoms. The largest absolute Gasteiger partial charge is 0.480 e. The van der Waals surface area contributed by atoms with E-state index in [0.717, 1.165) is 6.42 Å². The molecule has 8 nitrogen and oxygen atoms in total. The number of carboxylic acids is 1. The van der Waals surface area contributed by atoms with E-state index in [1.165, 1.54) is 10.9 Å². The first-order chi connectivity index (χ1) is 9.51. The van der Waals surface area contributed by atoms with Crippen molar-refractivity contribution >= 4 is 23.8 Å². The smallest absolute Gasteiger partial charge is 0.325 e. The number of thioether (sulfide) groups is 1. The van der Waals surface area contributed by atoms with Gasteiger partial charge in [-0.2, -0.15) is 11.8 Å². The van der Waals surface area contributed by atoms with Gasteiger partial charge in [-0.25, -0.2) is 9.48 Å². The highest BCUT2D eigenvalue weighted by molar-refractivity contribution is 7.99. The zero-order chi connectivity index (χ0) is 15.0. The molecule has 20 heavy (non-hydrogen) atoms. The lowest BCUT2D eigenvalue weighted by molar-refractivity contribution is -0.137. The number of urea groups is 1. The molecular formula is C11H19N5O3S. The van der Waals surface area contributed by atoms with E-state index < -0.39 is 5.97 Å². The highest BCUT2D eigenvalue weighted by Gasteiger charge is 2.06. The van der Waals surface area contributed by atoms with E-state index in [0.29, 0.717) is 17.5 Å². The van der Waals surface area contributed by atoms with Gasteiger partial charge in [0.05, 0.1) is 12.7 Å². The summed E-state index contributed by atoms with van der Waals surface area (Å²) in [6, 6.07) is -0.272. The second-order valence-corrected chi connectivity index (χ2v) is 5.52. The maximum Gasteiger partial charge on any atom is 0.325 e. The summed E-state index contributed by atoms with van der Waals surface area (Å²) in [6.45, 7) is 2.68. The van der Waals surface area contributed by atoms with Crippen molar-refractivity contribution in [1.29, 1.82) is 0 Å². The molecule has 0 aliphatic carbocycles. The summed E-state index contributed by atoms with van der Waals surface area (Å²) in [5, 5.41) is 21.9. The third kappa shape index (κ3) is 6.41. The first kappa shape index (κ1) is 16.3. The third-order valence-corrected chi connectivity index (χ3v) is 3.59. The number of carboxylic acid groups (broad SMARTS) is 1. The summed E-state index contributed by atoms with van der Waals surface area (Å²) in [5.74, 6) is -0.991. The molecule has 1 aromatic heterocycles. The highest BCUT2D eigenvalue weighted by Crippen LogP contribution is 2.07. The number of carbonyl (C=O) groups excluding carboxylic acids is 1. The molecule has 1 aromatic rings. The fraction of sp³-hybridized carbons (Fsp3) is 0.636. The van der Waals surface area contributed by atoms with Crippen LogP contribution in [0.3, 0.4) is 0 Å². The Morgan fingerprint density at radius 2 is 2.25 bits per heavy atom. The van der Waals surface area contributed by atoms with Gasteiger partial charge in [-0.3, -0.25) is 4.79 Å². The van der Waals surface area contributed by atoms with Crippen molar-refractivity contribution in [3.8, 4) is 0 Å². The molecule has 2 amide bonds. The van der Waals surface area contributed by atoms with E-state index in [-0.39, 0.29) is 19.1 Å². The average Bonchev–Trinajstić information content (AvgIpc) is 2.83. The van der Waals surface area contributed by atoms with Crippen LogP contribution in [0.15, 0.2) is 6.20 Å². The van der Waals surface area contributed by atoms with Crippen molar-refractivity contribution in [1.82, 2.24) is 25.6 Å². The second-order valence-electron chi connectivity index (χ2n) is 4.25. The van der Waals surface area contributed by atoms with Crippen LogP contribution in [0, 0.1) is 0 Å². The van der Waals surface area contributed by atoms with Crippen molar-refractivity contribution in [3.05, 3.63) is 11.9 Å². The molecule has 1 atom stereocenters. The lowest BCUT2D eigenvalue weighted by Crippen LogP contribution is -2.36. The van der Waals surface area contributed by atoms with Crippen LogP contribution in [0.2, 0.25) is 0 Å². The fourth-order valence-corrected chi connectivity index (χ4v) is 1.73. The summed E-state index contributed by atoms with van der Waals surface area (Å²) in [7, 11) is 0. The van der Waals surface area contributed by atoms with Gasteiger partial charge in [-0.1, -0.05) is 12.1 Å². The average molecular weight is 301 g/mol. The van der Waals surface area contributed by atoms with Gasteiger partial charge in [0.1, 0.15) is 12.2 Å². The summed E-state index contributed by atoms with van der Waals surface area (Å²) in [6.07, 6.45) is 4.43. The zero-order valence-electron chi connectivity index (χ0n) is 11.5. The number of hydrogen-bond donors (Lipinski definition) is 3. The van der Waals surface area contributed by atoms with E-state index in [4.69, 9.17) is 5.11 Å². The van der Waals surface area contributed by atoms with Crippen molar-refractivity contribution in [2.24, 2.45) is 0 Å². The van der Waals surface area contributed by atoms with E-state index in [2.05, 4.69) is 27.9 Å². The van der Waals surface area contributed by atoms with Gasteiger partial charge in [0.25, 0.3) is 0 Å². The maximum atomic E-state index is 11.5. The van der Waals surface area contributed by atoms with Crippen LogP contribution < -0.4 is 10.6 Å². The molecule has 1 rings (SSSR count). The Bertz CT molecular complexity index is 451. The van der Waals surface area contributed by atoms with E-state index in [9.17, 15) is 9.59 Å². The van der Waals surface area contributed by atoms with Crippen LogP contribution in [-0.2, 0) is 17.9 Å². The molecule has 3 N–H and O–H groups in total. The number of aliphatic carboxylic acids is 1. The molecule has 0 bridgehead atoms. The number of hydrogen-bond acceptors (Lipinski definition) is 5. The van der Waals surface area contributed by atoms with Gasteiger partial charge < -0.3 is 15.7 Å². The number of rotatable bonds is 8. The van der Waals surface area contributed by atoms with Crippen LogP contribution in [-0.4, -0.2) is 50.2 Å². The predicted octanol–water partition coefficient (Wildman–Crippen LogP) is 0.304. The molecule has 0 aliphatic rings. The number of aromatic nitrogens is 3. The van der Waals surface area contributed by atoms with E-state index >= 15 is 0 Å². The molecule has 0 radical (unpaired) electrons. The minimum atomic E-state index is -0.991. The van der Waals surface area contributed by atoms with Crippen LogP contribution >= 0.6 is 11.8 Å². The summed E-state index contributed by atoms with van der Waals surface area (Å²) < 4.78 is 1.21. The van der Waals surface area contributed by atoms with Crippen LogP contribution in [0.4, 0.5) is 4.79 Å². The van der Waals surface area contributed by atoms with Crippen molar-refractivity contribution < 1.29 is 14.7 Å². The molecule has 0 saturated carbocycles. The lowest BCUT2D eigenvalue weighted by Gasteiger charge is -2.09. The number of nitrogens with one attached hydrogen (secondary N) is 2. The minimum absolute atomic E-state index is 0.212. The Hall–Kier alpha value is -1.77. The summed E-state index contributed by atoms with van der Waals surface area (Å²) in [4.78, 5) is 22.0. The first-order valence-electron chi connectivity index (χ1n) is 6.16. The highest BCUT2D eigenvalue weighted by atomic mass is 32.2. The topological polar surface area (TPSA) is 109 Å². The molecule has 1 heterocycles. The standard InChI is InChI=1S/C11H19N5O3S/c1-8(20-2)3-4-12-11(19)13-5-9-6-16(15-14-9)7-10(17)18/h6,8H,3-5,7H2,1-2H3,(H,17,18)(H2,12,13,19). The third-order valence-electron chi connectivity index (χ3n) is 2.55. The quantitative estimate of drug-likeness (QED) is 0.637. The van der Waals surface area contributed by atoms with Crippen molar-refractivity contribution in [3.63, 3.8) is 0 Å². The molecule has 0 aliphatic heterocycles. The van der Waals surface area contributed by atoms with Gasteiger partial charge in [-0.15, -0.1) is 5.10 Å². The van der Waals surface area contributed by atoms with Crippen LogP contribution in [0.1, 0.15) is 19.0 Å². The fourth-order valence-electron chi connectivity index (χ4n) is 1.38. The van der Waals surface area contributed by atoms with Gasteiger partial charge in [0.2, 0.25) is 0 Å². The Morgan fingerprint density at radius 3 is 2.90 bits per heavy atom. The second kappa shape index (κ2) is 8.41. The molecule has 112 valence electrons. The normalized spacial score (nSPS) is 11.9. The Labute approximate surface area is 121 Å². The van der Waals surface area contributed by atoms with Crippen LogP contribution in [0.25, 0.3) is 0 Å². The van der Waals surface area contributed by atoms with Crippen molar-refractivity contribution in [2.75, 3.05) is 12.8 Å². The Balaban J connectivity index is 2.23. The summed E-state index contributed by atoms with van der Waals surface area (Å²) in [5.41, 5.74) is 0.513. The summed E-state index contributed by atoms with van der Waals surface area (Å²) >= 11 is 1.75.